The number of halogens is 1. The van der Waals surface area contributed by atoms with Gasteiger partial charge in [-0.05, 0) is 43.0 Å². The number of methoxy groups -OCH3 is 1. The Morgan fingerprint density at radius 1 is 1.38 bits per heavy atom. The number of hydrogen-bond donors (Lipinski definition) is 1. The molecule has 1 saturated heterocycles. The minimum Gasteiger partial charge on any atom is -0.497 e. The molecule has 2 aliphatic rings. The van der Waals surface area contributed by atoms with E-state index in [0.29, 0.717) is 5.92 Å². The zero-order chi connectivity index (χ0) is 14.9. The van der Waals surface area contributed by atoms with Crippen LogP contribution in [-0.4, -0.2) is 35.8 Å². The minimum absolute atomic E-state index is 0.389. The van der Waals surface area contributed by atoms with Gasteiger partial charge < -0.3 is 9.84 Å². The van der Waals surface area contributed by atoms with Crippen LogP contribution >= 0.6 is 15.9 Å². The van der Waals surface area contributed by atoms with E-state index in [1.807, 2.05) is 6.07 Å². The van der Waals surface area contributed by atoms with Gasteiger partial charge in [0.15, 0.2) is 0 Å². The Morgan fingerprint density at radius 3 is 3.05 bits per heavy atom. The fourth-order valence-electron chi connectivity index (χ4n) is 3.82. The van der Waals surface area contributed by atoms with Gasteiger partial charge in [0.2, 0.25) is 0 Å². The van der Waals surface area contributed by atoms with E-state index in [1.54, 1.807) is 7.11 Å². The summed E-state index contributed by atoms with van der Waals surface area (Å²) in [6.45, 7) is 2.92. The molecule has 1 N–H and O–H groups in total. The molecule has 1 aliphatic heterocycles. The van der Waals surface area contributed by atoms with E-state index in [4.69, 9.17) is 4.74 Å². The topological polar surface area (TPSA) is 32.7 Å². The smallest absolute Gasteiger partial charge is 0.119 e. The highest BCUT2D eigenvalue weighted by Gasteiger charge is 2.42. The first-order chi connectivity index (χ1) is 10.1. The third-order valence-electron chi connectivity index (χ3n) is 5.16. The Bertz CT molecular complexity index is 508. The summed E-state index contributed by atoms with van der Waals surface area (Å²) < 4.78 is 6.45. The lowest BCUT2D eigenvalue weighted by Crippen LogP contribution is -2.52. The van der Waals surface area contributed by atoms with Gasteiger partial charge in [-0.3, -0.25) is 4.90 Å². The van der Waals surface area contributed by atoms with Gasteiger partial charge in [0.05, 0.1) is 12.7 Å². The van der Waals surface area contributed by atoms with Crippen molar-refractivity contribution in [3.05, 3.63) is 28.2 Å². The molecule has 4 heteroatoms. The van der Waals surface area contributed by atoms with Crippen LogP contribution in [0.2, 0.25) is 0 Å². The highest BCUT2D eigenvalue weighted by molar-refractivity contribution is 9.10. The molecule has 2 unspecified atom stereocenters. The largest absolute Gasteiger partial charge is 0.497 e. The molecule has 3 rings (SSSR count). The Morgan fingerprint density at radius 2 is 2.24 bits per heavy atom. The quantitative estimate of drug-likeness (QED) is 0.901. The second-order valence-corrected chi connectivity index (χ2v) is 7.34. The van der Waals surface area contributed by atoms with E-state index in [0.717, 1.165) is 42.7 Å². The molecule has 1 aliphatic carbocycles. The number of aliphatic hydroxyl groups is 1. The lowest BCUT2D eigenvalue weighted by Gasteiger charge is -2.47. The van der Waals surface area contributed by atoms with E-state index in [2.05, 4.69) is 33.0 Å². The molecule has 0 spiro atoms. The zero-order valence-corrected chi connectivity index (χ0v) is 14.2. The zero-order valence-electron chi connectivity index (χ0n) is 12.6. The summed E-state index contributed by atoms with van der Waals surface area (Å²) in [5, 5.41) is 10.8. The normalized spacial score (nSPS) is 30.0. The van der Waals surface area contributed by atoms with Crippen LogP contribution in [0.1, 0.15) is 37.7 Å². The van der Waals surface area contributed by atoms with E-state index in [9.17, 15) is 5.11 Å². The van der Waals surface area contributed by atoms with Crippen molar-refractivity contribution in [3.63, 3.8) is 0 Å². The average molecular weight is 354 g/mol. The van der Waals surface area contributed by atoms with Crippen LogP contribution in [0.5, 0.6) is 5.75 Å². The number of nitrogens with zero attached hydrogens (tertiary/aromatic N) is 1. The molecule has 1 saturated carbocycles. The first-order valence-electron chi connectivity index (χ1n) is 7.88. The highest BCUT2D eigenvalue weighted by atomic mass is 79.9. The number of hydrogen-bond acceptors (Lipinski definition) is 3. The summed E-state index contributed by atoms with van der Waals surface area (Å²) >= 11 is 3.63. The van der Waals surface area contributed by atoms with Gasteiger partial charge in [-0.2, -0.15) is 0 Å². The van der Waals surface area contributed by atoms with E-state index < -0.39 is 0 Å². The third-order valence-corrected chi connectivity index (χ3v) is 5.93. The predicted molar refractivity (Wildman–Crippen MR) is 87.5 cm³/mol. The van der Waals surface area contributed by atoms with E-state index >= 15 is 0 Å². The summed E-state index contributed by atoms with van der Waals surface area (Å²) in [5.41, 5.74) is 0.871. The van der Waals surface area contributed by atoms with Crippen molar-refractivity contribution in [2.75, 3.05) is 20.2 Å². The molecule has 0 amide bonds. The molecular formula is C17H24BrNO2. The molecule has 116 valence electrons. The Hall–Kier alpha value is -0.580. The Kier molecular flexibility index (Phi) is 4.57. The monoisotopic (exact) mass is 353 g/mol. The first-order valence-corrected chi connectivity index (χ1v) is 8.67. The lowest BCUT2D eigenvalue weighted by atomic mass is 9.71. The summed E-state index contributed by atoms with van der Waals surface area (Å²) in [4.78, 5) is 2.48. The maximum absolute atomic E-state index is 10.8. The van der Waals surface area contributed by atoms with Crippen molar-refractivity contribution < 1.29 is 9.84 Å². The number of ether oxygens (including phenoxy) is 1. The van der Waals surface area contributed by atoms with Crippen molar-refractivity contribution >= 4 is 15.9 Å². The van der Waals surface area contributed by atoms with Gasteiger partial charge in [0.25, 0.3) is 0 Å². The molecule has 0 bridgehead atoms. The van der Waals surface area contributed by atoms with Gasteiger partial charge in [0.1, 0.15) is 5.75 Å². The second kappa shape index (κ2) is 6.27. The van der Waals surface area contributed by atoms with Gasteiger partial charge >= 0.3 is 0 Å². The van der Waals surface area contributed by atoms with Crippen LogP contribution < -0.4 is 4.74 Å². The van der Waals surface area contributed by atoms with Gasteiger partial charge in [-0.25, -0.2) is 0 Å². The van der Waals surface area contributed by atoms with Crippen LogP contribution in [0.3, 0.4) is 0 Å². The van der Waals surface area contributed by atoms with Gasteiger partial charge in [-0.15, -0.1) is 0 Å². The van der Waals surface area contributed by atoms with Crippen molar-refractivity contribution in [2.45, 2.75) is 44.2 Å². The first kappa shape index (κ1) is 15.3. The molecular weight excluding hydrogens is 330 g/mol. The van der Waals surface area contributed by atoms with Crippen molar-refractivity contribution in [2.24, 2.45) is 5.92 Å². The molecule has 3 nitrogen and oxygen atoms in total. The van der Waals surface area contributed by atoms with Gasteiger partial charge in [0, 0.05) is 30.0 Å². The SMILES string of the molecule is COc1ccc(Br)c(CN2CCC3(O)CCCCC3C2)c1. The molecule has 0 aromatic heterocycles. The van der Waals surface area contributed by atoms with Crippen molar-refractivity contribution in [3.8, 4) is 5.75 Å². The second-order valence-electron chi connectivity index (χ2n) is 6.49. The Balaban J connectivity index is 1.69. The third kappa shape index (κ3) is 3.27. The number of fused-ring (bicyclic) bond motifs is 1. The summed E-state index contributed by atoms with van der Waals surface area (Å²) in [6.07, 6.45) is 5.54. The van der Waals surface area contributed by atoms with E-state index in [1.165, 1.54) is 24.8 Å². The van der Waals surface area contributed by atoms with Crippen LogP contribution in [-0.2, 0) is 6.54 Å². The number of piperidine rings is 1. The van der Waals surface area contributed by atoms with Crippen molar-refractivity contribution in [1.29, 1.82) is 0 Å². The summed E-state index contributed by atoms with van der Waals surface area (Å²) in [5.74, 6) is 1.35. The maximum atomic E-state index is 10.8. The fraction of sp³-hybridized carbons (Fsp3) is 0.647. The van der Waals surface area contributed by atoms with Crippen LogP contribution in [0, 0.1) is 5.92 Å². The predicted octanol–water partition coefficient (Wildman–Crippen LogP) is 3.58. The maximum Gasteiger partial charge on any atom is 0.119 e. The van der Waals surface area contributed by atoms with Gasteiger partial charge in [-0.1, -0.05) is 28.8 Å². The molecule has 1 heterocycles. The minimum atomic E-state index is -0.389. The molecule has 2 atom stereocenters. The number of likely N-dealkylation sites (tertiary alicyclic amines) is 1. The fourth-order valence-corrected chi connectivity index (χ4v) is 4.20. The number of rotatable bonds is 3. The molecule has 2 fully saturated rings. The standard InChI is InChI=1S/C17H24BrNO2/c1-21-15-5-6-16(18)13(10-15)11-19-9-8-17(20)7-3-2-4-14(17)12-19/h5-6,10,14,20H,2-4,7-9,11-12H2,1H3. The van der Waals surface area contributed by atoms with Crippen LogP contribution in [0.25, 0.3) is 0 Å². The van der Waals surface area contributed by atoms with E-state index in [-0.39, 0.29) is 5.60 Å². The summed E-state index contributed by atoms with van der Waals surface area (Å²) in [6, 6.07) is 6.13. The molecule has 0 radical (unpaired) electrons. The highest BCUT2D eigenvalue weighted by Crippen LogP contribution is 2.40. The lowest BCUT2D eigenvalue weighted by molar-refractivity contribution is -0.0968. The molecule has 1 aromatic carbocycles. The Labute approximate surface area is 135 Å². The van der Waals surface area contributed by atoms with Crippen LogP contribution in [0.4, 0.5) is 0 Å². The molecule has 1 aromatic rings. The molecule has 21 heavy (non-hydrogen) atoms. The average Bonchev–Trinajstić information content (AvgIpc) is 2.49. The number of benzene rings is 1. The summed E-state index contributed by atoms with van der Waals surface area (Å²) in [7, 11) is 1.70. The van der Waals surface area contributed by atoms with Crippen molar-refractivity contribution in [1.82, 2.24) is 4.90 Å². The van der Waals surface area contributed by atoms with Crippen LogP contribution in [0.15, 0.2) is 22.7 Å².